The highest BCUT2D eigenvalue weighted by Gasteiger charge is 2.38. The Labute approximate surface area is 209 Å². The molecule has 0 spiro atoms. The highest BCUT2D eigenvalue weighted by atomic mass is 32.1. The van der Waals surface area contributed by atoms with E-state index in [2.05, 4.69) is 47.4 Å². The number of nitriles is 1. The summed E-state index contributed by atoms with van der Waals surface area (Å²) in [4.78, 5) is 23.3. The normalized spacial score (nSPS) is 20.3. The number of thiophene rings is 1. The minimum Gasteiger partial charge on any atom is -0.369 e. The van der Waals surface area contributed by atoms with E-state index in [0.717, 1.165) is 35.5 Å². The van der Waals surface area contributed by atoms with Crippen LogP contribution in [0.25, 0.3) is 16.7 Å². The molecule has 0 bridgehead atoms. The molecule has 2 aliphatic rings. The molecule has 176 valence electrons. The lowest BCUT2D eigenvalue weighted by Crippen LogP contribution is -2.47. The van der Waals surface area contributed by atoms with Gasteiger partial charge in [-0.3, -0.25) is 9.69 Å². The number of amides is 1. The van der Waals surface area contributed by atoms with Gasteiger partial charge in [0.25, 0.3) is 0 Å². The predicted octanol–water partition coefficient (Wildman–Crippen LogP) is 4.97. The summed E-state index contributed by atoms with van der Waals surface area (Å²) in [6, 6.07) is 22.5. The molecule has 3 heterocycles. The number of rotatable bonds is 4. The monoisotopic (exact) mass is 481 g/mol. The Morgan fingerprint density at radius 2 is 1.94 bits per heavy atom. The van der Waals surface area contributed by atoms with Gasteiger partial charge in [-0.1, -0.05) is 36.4 Å². The first kappa shape index (κ1) is 22.9. The largest absolute Gasteiger partial charge is 0.369 e. The van der Waals surface area contributed by atoms with E-state index in [1.807, 2.05) is 37.3 Å². The van der Waals surface area contributed by atoms with Gasteiger partial charge in [-0.2, -0.15) is 5.26 Å². The zero-order chi connectivity index (χ0) is 24.6. The highest BCUT2D eigenvalue weighted by Crippen LogP contribution is 2.45. The van der Waals surface area contributed by atoms with Gasteiger partial charge in [0.15, 0.2) is 5.96 Å². The van der Waals surface area contributed by atoms with Crippen molar-refractivity contribution in [2.45, 2.75) is 25.3 Å². The van der Waals surface area contributed by atoms with Crippen molar-refractivity contribution >= 4 is 34.5 Å². The summed E-state index contributed by atoms with van der Waals surface area (Å²) >= 11 is 1.68. The number of nitrogens with zero attached hydrogens (tertiary/aromatic N) is 4. The second-order valence-corrected chi connectivity index (χ2v) is 10.2. The lowest BCUT2D eigenvalue weighted by molar-refractivity contribution is -0.128. The van der Waals surface area contributed by atoms with Crippen LogP contribution in [0, 0.1) is 11.3 Å². The first-order chi connectivity index (χ1) is 16.9. The van der Waals surface area contributed by atoms with Gasteiger partial charge < -0.3 is 10.6 Å². The van der Waals surface area contributed by atoms with Crippen molar-refractivity contribution in [1.29, 1.82) is 5.26 Å². The number of anilines is 1. The molecule has 5 rings (SSSR count). The zero-order valence-corrected chi connectivity index (χ0v) is 20.7. The molecule has 0 saturated heterocycles. The Morgan fingerprint density at radius 3 is 2.63 bits per heavy atom. The number of carbonyl (C=O) groups is 1. The minimum atomic E-state index is -0.719. The molecule has 1 aromatic heterocycles. The molecule has 0 radical (unpaired) electrons. The summed E-state index contributed by atoms with van der Waals surface area (Å²) in [6.07, 6.45) is 3.47. The molecule has 0 saturated carbocycles. The van der Waals surface area contributed by atoms with Crippen LogP contribution in [0.1, 0.15) is 35.1 Å². The number of hydrogen-bond donors (Lipinski definition) is 1. The third kappa shape index (κ3) is 4.33. The second-order valence-electron chi connectivity index (χ2n) is 9.18. The fraction of sp³-hybridized carbons (Fsp3) is 0.250. The minimum absolute atomic E-state index is 0.0432. The van der Waals surface area contributed by atoms with Gasteiger partial charge in [-0.15, -0.1) is 11.3 Å². The lowest BCUT2D eigenvalue weighted by Gasteiger charge is -2.32. The molecule has 1 atom stereocenters. The number of para-hydroxylation sites is 1. The average Bonchev–Trinajstić information content (AvgIpc) is 3.35. The quantitative estimate of drug-likeness (QED) is 0.570. The number of nitrogens with two attached hydrogens (primary N) is 1. The molecule has 0 unspecified atom stereocenters. The summed E-state index contributed by atoms with van der Waals surface area (Å²) in [7, 11) is 1.66. The van der Waals surface area contributed by atoms with E-state index >= 15 is 0 Å². The van der Waals surface area contributed by atoms with Crippen LogP contribution in [0.4, 0.5) is 5.69 Å². The smallest absolute Gasteiger partial charge is 0.231 e. The maximum absolute atomic E-state index is 12.6. The molecule has 2 aromatic carbocycles. The number of benzene rings is 2. The molecule has 0 aliphatic carbocycles. The fourth-order valence-corrected chi connectivity index (χ4v) is 6.00. The van der Waals surface area contributed by atoms with Gasteiger partial charge in [0.1, 0.15) is 5.54 Å². The average molecular weight is 482 g/mol. The van der Waals surface area contributed by atoms with Crippen LogP contribution in [0.3, 0.4) is 0 Å². The molecule has 6 nitrogen and oxygen atoms in total. The van der Waals surface area contributed by atoms with Crippen molar-refractivity contribution in [2.75, 3.05) is 25.0 Å². The molecule has 3 aromatic rings. The maximum atomic E-state index is 12.6. The number of carbonyl (C=O) groups excluding carboxylic acids is 1. The highest BCUT2D eigenvalue weighted by molar-refractivity contribution is 7.13. The molecule has 1 amide bonds. The van der Waals surface area contributed by atoms with Gasteiger partial charge in [0.2, 0.25) is 5.91 Å². The SMILES string of the molecule is CN1C(=O)C[C@@](C)(c2cc(-c3cccc(C#N)c3)c(C3=CCN(c4ccccc4)CC3)s2)N=C1N. The van der Waals surface area contributed by atoms with Gasteiger partial charge in [-0.05, 0) is 54.8 Å². The van der Waals surface area contributed by atoms with Crippen molar-refractivity contribution in [2.24, 2.45) is 10.7 Å². The summed E-state index contributed by atoms with van der Waals surface area (Å²) < 4.78 is 0. The Bertz CT molecular complexity index is 1380. The van der Waals surface area contributed by atoms with E-state index < -0.39 is 5.54 Å². The van der Waals surface area contributed by atoms with Crippen molar-refractivity contribution in [1.82, 2.24) is 4.90 Å². The topological polar surface area (TPSA) is 85.7 Å². The van der Waals surface area contributed by atoms with Crippen molar-refractivity contribution in [3.05, 3.63) is 82.1 Å². The van der Waals surface area contributed by atoms with E-state index in [9.17, 15) is 10.1 Å². The van der Waals surface area contributed by atoms with Crippen LogP contribution in [-0.4, -0.2) is 36.9 Å². The number of guanidine groups is 1. The Hall–Kier alpha value is -3.89. The van der Waals surface area contributed by atoms with E-state index in [1.165, 1.54) is 21.0 Å². The van der Waals surface area contributed by atoms with Crippen LogP contribution < -0.4 is 10.6 Å². The van der Waals surface area contributed by atoms with E-state index in [1.54, 1.807) is 18.4 Å². The van der Waals surface area contributed by atoms with Gasteiger partial charge in [-0.25, -0.2) is 4.99 Å². The number of hydrogen-bond acceptors (Lipinski definition) is 6. The van der Waals surface area contributed by atoms with Crippen LogP contribution in [0.15, 0.2) is 71.7 Å². The van der Waals surface area contributed by atoms with Crippen LogP contribution in [0.2, 0.25) is 0 Å². The van der Waals surface area contributed by atoms with Gasteiger partial charge in [0.05, 0.1) is 18.1 Å². The Kier molecular flexibility index (Phi) is 5.91. The molecule has 35 heavy (non-hydrogen) atoms. The van der Waals surface area contributed by atoms with Crippen LogP contribution in [0.5, 0.6) is 0 Å². The molecule has 7 heteroatoms. The Balaban J connectivity index is 1.58. The molecular weight excluding hydrogens is 454 g/mol. The third-order valence-corrected chi connectivity index (χ3v) is 8.23. The fourth-order valence-electron chi connectivity index (χ4n) is 4.66. The van der Waals surface area contributed by atoms with Gasteiger partial charge in [0, 0.05) is 41.1 Å². The molecule has 2 aliphatic heterocycles. The second kappa shape index (κ2) is 9.05. The molecule has 2 N–H and O–H groups in total. The van der Waals surface area contributed by atoms with Crippen molar-refractivity contribution in [3.63, 3.8) is 0 Å². The summed E-state index contributed by atoms with van der Waals surface area (Å²) in [5.74, 6) is 0.195. The zero-order valence-electron chi connectivity index (χ0n) is 19.9. The van der Waals surface area contributed by atoms with E-state index in [-0.39, 0.29) is 18.3 Å². The molecular formula is C28H27N5OS. The maximum Gasteiger partial charge on any atom is 0.231 e. The van der Waals surface area contributed by atoms with Gasteiger partial charge >= 0.3 is 0 Å². The summed E-state index contributed by atoms with van der Waals surface area (Å²) in [5, 5.41) is 9.46. The van der Waals surface area contributed by atoms with Crippen molar-refractivity contribution in [3.8, 4) is 17.2 Å². The number of aliphatic imine (C=N–C) groups is 1. The standard InChI is InChI=1S/C28H27N5OS/c1-28(17-25(34)32(2)27(30)31-28)24-16-23(21-8-6-7-19(15-21)18-29)26(35-24)20-11-13-33(14-12-20)22-9-4-3-5-10-22/h3-11,15-16H,12-14,17H2,1-2H3,(H2,30,31)/t28-/m0/s1. The predicted molar refractivity (Wildman–Crippen MR) is 142 cm³/mol. The third-order valence-electron chi connectivity index (χ3n) is 6.76. The first-order valence-electron chi connectivity index (χ1n) is 11.6. The summed E-state index contributed by atoms with van der Waals surface area (Å²) in [6.45, 7) is 3.73. The van der Waals surface area contributed by atoms with Crippen LogP contribution in [-0.2, 0) is 10.3 Å². The van der Waals surface area contributed by atoms with E-state index in [4.69, 9.17) is 10.7 Å². The lowest BCUT2D eigenvalue weighted by atomic mass is 9.92. The first-order valence-corrected chi connectivity index (χ1v) is 12.5. The van der Waals surface area contributed by atoms with Crippen molar-refractivity contribution < 1.29 is 4.79 Å². The summed E-state index contributed by atoms with van der Waals surface area (Å²) in [5.41, 5.74) is 10.6. The van der Waals surface area contributed by atoms with E-state index in [0.29, 0.717) is 5.56 Å². The molecule has 0 fully saturated rings. The Morgan fingerprint density at radius 1 is 1.14 bits per heavy atom. The van der Waals surface area contributed by atoms with Crippen LogP contribution >= 0.6 is 11.3 Å².